The van der Waals surface area contributed by atoms with E-state index in [0.717, 1.165) is 27.8 Å². The van der Waals surface area contributed by atoms with Gasteiger partial charge < -0.3 is 114 Å². The van der Waals surface area contributed by atoms with E-state index < -0.39 is 134 Å². The Kier molecular flexibility index (Phi) is 19.6. The average molecular weight is 1060 g/mol. The molecular weight excluding hydrogens is 981 g/mol. The second-order valence-corrected chi connectivity index (χ2v) is 19.9. The number of ether oxygens (including phenoxy) is 8. The molecule has 3 heterocycles. The first-order valence-corrected chi connectivity index (χ1v) is 25.6. The highest BCUT2D eigenvalue weighted by Crippen LogP contribution is 2.44. The first-order chi connectivity index (χ1) is 36.1. The van der Waals surface area contributed by atoms with Crippen molar-refractivity contribution in [3.05, 3.63) is 95.6 Å². The Labute approximate surface area is 434 Å². The molecule has 4 fully saturated rings. The normalized spacial score (nSPS) is 36.1. The van der Waals surface area contributed by atoms with E-state index >= 15 is 0 Å². The van der Waals surface area contributed by atoms with Crippen molar-refractivity contribution >= 4 is 12.1 Å². The molecular formula is C51H74N8O16. The summed E-state index contributed by atoms with van der Waals surface area (Å²) in [5.74, 6) is -0.830. The van der Waals surface area contributed by atoms with Crippen molar-refractivity contribution in [3.63, 3.8) is 0 Å². The second kappa shape index (κ2) is 25.9. The van der Waals surface area contributed by atoms with Gasteiger partial charge in [-0.25, -0.2) is 9.59 Å². The van der Waals surface area contributed by atoms with E-state index in [1.165, 1.54) is 0 Å². The predicted molar refractivity (Wildman–Crippen MR) is 266 cm³/mol. The fraction of sp³-hybridized carbons (Fsp3) is 0.608. The van der Waals surface area contributed by atoms with Crippen molar-refractivity contribution < 1.29 is 78.1 Å². The fourth-order valence-corrected chi connectivity index (χ4v) is 10.5. The molecule has 75 heavy (non-hydrogen) atoms. The standard InChI is InChI=1S/C51H74N8O16/c52-19-33-39(61)41(63)36(56)48(70-33)73-44-31(55)18-30(54)38(60)46(44)75-50-43(65)45(74-49-37(57)42(64)40(62)34(20-53)71-49)35(72-50)21-58-17-9-8-16-32(47(66)68-22-24-10-2-1-3-11-24)59-51(67)69-23-29-27-14-6-4-12-25(27)26-13-5-7-15-28(26)29/h1-7,10-15,29-46,48-50,58,60-65H,8-9,16-23,52-57H2,(H,59,67)/t30-,31+,32+,33-,34+,35-,36-,37-,38+,39-,40-,41-,42-,43-,44-,45-,46-,48-,49-,50+/m1/s1. The first kappa shape index (κ1) is 56.8. The van der Waals surface area contributed by atoms with Gasteiger partial charge in [0.15, 0.2) is 18.9 Å². The van der Waals surface area contributed by atoms with Crippen LogP contribution >= 0.6 is 0 Å². The number of carbonyl (C=O) groups is 2. The fourth-order valence-electron chi connectivity index (χ4n) is 10.5. The number of carbonyl (C=O) groups excluding carboxylic acids is 2. The van der Waals surface area contributed by atoms with Crippen molar-refractivity contribution in [1.29, 1.82) is 0 Å². The summed E-state index contributed by atoms with van der Waals surface area (Å²) in [7, 11) is 0. The maximum atomic E-state index is 13.6. The Morgan fingerprint density at radius 3 is 1.75 bits per heavy atom. The van der Waals surface area contributed by atoms with Gasteiger partial charge in [-0.1, -0.05) is 78.9 Å². The lowest BCUT2D eigenvalue weighted by Crippen LogP contribution is -2.68. The quantitative estimate of drug-likeness (QED) is 0.0364. The van der Waals surface area contributed by atoms with Crippen LogP contribution in [0.2, 0.25) is 0 Å². The van der Waals surface area contributed by atoms with Gasteiger partial charge in [-0.05, 0) is 60.0 Å². The number of nitrogens with two attached hydrogens (primary N) is 6. The molecule has 0 radical (unpaired) electrons. The van der Waals surface area contributed by atoms with E-state index in [4.69, 9.17) is 72.3 Å². The highest BCUT2D eigenvalue weighted by Gasteiger charge is 2.54. The summed E-state index contributed by atoms with van der Waals surface area (Å²) in [6.07, 6.45) is -19.9. The smallest absolute Gasteiger partial charge is 0.407 e. The number of nitrogens with one attached hydrogen (secondary N) is 2. The number of amides is 1. The number of unbranched alkanes of at least 4 members (excludes halogenated alkanes) is 1. The molecule has 20 atom stereocenters. The van der Waals surface area contributed by atoms with Crippen molar-refractivity contribution in [1.82, 2.24) is 10.6 Å². The summed E-state index contributed by atoms with van der Waals surface area (Å²) in [5, 5.41) is 71.8. The van der Waals surface area contributed by atoms with Gasteiger partial charge in [-0.15, -0.1) is 0 Å². The highest BCUT2D eigenvalue weighted by molar-refractivity contribution is 5.82. The van der Waals surface area contributed by atoms with Gasteiger partial charge in [-0.3, -0.25) is 0 Å². The Bertz CT molecular complexity index is 2270. The molecule has 2 aliphatic carbocycles. The number of hydrogen-bond acceptors (Lipinski definition) is 23. The van der Waals surface area contributed by atoms with Crippen LogP contribution in [-0.4, -0.2) is 198 Å². The summed E-state index contributed by atoms with van der Waals surface area (Å²) in [4.78, 5) is 27.0. The van der Waals surface area contributed by atoms with Crippen molar-refractivity contribution in [2.45, 2.75) is 161 Å². The van der Waals surface area contributed by atoms with Crippen LogP contribution in [0.4, 0.5) is 4.79 Å². The van der Waals surface area contributed by atoms with Gasteiger partial charge in [0.05, 0.1) is 18.2 Å². The van der Waals surface area contributed by atoms with E-state index in [2.05, 4.69) is 10.6 Å². The van der Waals surface area contributed by atoms with E-state index in [1.807, 2.05) is 78.9 Å². The second-order valence-electron chi connectivity index (χ2n) is 19.9. The molecule has 24 nitrogen and oxygen atoms in total. The average Bonchev–Trinajstić information content (AvgIpc) is 3.90. The first-order valence-electron chi connectivity index (χ1n) is 25.6. The number of hydrogen-bond donors (Lipinski definition) is 14. The molecule has 0 unspecified atom stereocenters. The molecule has 5 aliphatic rings. The maximum Gasteiger partial charge on any atom is 0.407 e. The van der Waals surface area contributed by atoms with Crippen LogP contribution in [0.1, 0.15) is 48.3 Å². The number of benzene rings is 3. The molecule has 1 saturated carbocycles. The van der Waals surface area contributed by atoms with E-state index in [1.54, 1.807) is 0 Å². The minimum Gasteiger partial charge on any atom is -0.459 e. The van der Waals surface area contributed by atoms with Gasteiger partial charge in [-0.2, -0.15) is 0 Å². The third kappa shape index (κ3) is 13.0. The summed E-state index contributed by atoms with van der Waals surface area (Å²) < 4.78 is 48.1. The van der Waals surface area contributed by atoms with E-state index in [0.29, 0.717) is 19.4 Å². The Balaban J connectivity index is 0.913. The van der Waals surface area contributed by atoms with Crippen molar-refractivity contribution in [3.8, 4) is 11.1 Å². The van der Waals surface area contributed by atoms with Crippen LogP contribution < -0.4 is 45.0 Å². The third-order valence-electron chi connectivity index (χ3n) is 14.8. The maximum absolute atomic E-state index is 13.6. The zero-order valence-electron chi connectivity index (χ0n) is 41.4. The van der Waals surface area contributed by atoms with Crippen LogP contribution in [0.3, 0.4) is 0 Å². The minimum absolute atomic E-state index is 0.00500. The van der Waals surface area contributed by atoms with Gasteiger partial charge in [0.25, 0.3) is 0 Å². The number of aliphatic hydroxyl groups is 6. The molecule has 20 N–H and O–H groups in total. The lowest BCUT2D eigenvalue weighted by molar-refractivity contribution is -0.306. The zero-order valence-corrected chi connectivity index (χ0v) is 41.4. The number of fused-ring (bicyclic) bond motifs is 3. The van der Waals surface area contributed by atoms with Crippen LogP contribution in [0.25, 0.3) is 11.1 Å². The molecule has 0 bridgehead atoms. The SMILES string of the molecule is NC[C@@H]1O[C@H](O[C@H]2[C@@H](O)[C@H](O[C@@H]3[C@@H](O)[C@H](N)C[C@H](N)[C@H]3O[C@H]3O[C@H](CN)[C@@H](O)[C@H](O)[C@H]3N)O[C@@H]2CNCCCC[C@H](NC(=O)OCC2c3ccccc3-c3ccccc32)C(=O)OCc2ccccc2)[C@H](N)[C@@H](O)[C@@H]1O. The van der Waals surface area contributed by atoms with Crippen LogP contribution in [0.5, 0.6) is 0 Å². The summed E-state index contributed by atoms with van der Waals surface area (Å²) in [6.45, 7) is -0.00271. The molecule has 1 amide bonds. The number of esters is 1. The molecule has 0 aromatic heterocycles. The summed E-state index contributed by atoms with van der Waals surface area (Å²) in [5.41, 5.74) is 41.9. The molecule has 3 aromatic carbocycles. The largest absolute Gasteiger partial charge is 0.459 e. The van der Waals surface area contributed by atoms with Crippen LogP contribution in [-0.2, 0) is 49.3 Å². The topological polar surface area (TPSA) is 410 Å². The highest BCUT2D eigenvalue weighted by atomic mass is 16.8. The van der Waals surface area contributed by atoms with Gasteiger partial charge in [0, 0.05) is 37.6 Å². The minimum atomic E-state index is -1.63. The monoisotopic (exact) mass is 1050 g/mol. The van der Waals surface area contributed by atoms with E-state index in [-0.39, 0.29) is 51.6 Å². The summed E-state index contributed by atoms with van der Waals surface area (Å²) in [6, 6.07) is 19.6. The van der Waals surface area contributed by atoms with Crippen molar-refractivity contribution in [2.75, 3.05) is 32.8 Å². The molecule has 24 heteroatoms. The Morgan fingerprint density at radius 2 is 1.15 bits per heavy atom. The lowest BCUT2D eigenvalue weighted by atomic mass is 9.84. The van der Waals surface area contributed by atoms with Gasteiger partial charge in [0.1, 0.15) is 86.4 Å². The number of rotatable bonds is 21. The van der Waals surface area contributed by atoms with Gasteiger partial charge >= 0.3 is 12.1 Å². The Hall–Kier alpha value is -4.36. The summed E-state index contributed by atoms with van der Waals surface area (Å²) >= 11 is 0. The van der Waals surface area contributed by atoms with Crippen LogP contribution in [0.15, 0.2) is 78.9 Å². The molecule has 3 saturated heterocycles. The third-order valence-corrected chi connectivity index (χ3v) is 14.8. The van der Waals surface area contributed by atoms with E-state index in [9.17, 15) is 40.2 Å². The zero-order chi connectivity index (χ0) is 53.5. The van der Waals surface area contributed by atoms with Gasteiger partial charge in [0.2, 0.25) is 0 Å². The molecule has 8 rings (SSSR count). The van der Waals surface area contributed by atoms with Crippen LogP contribution in [0, 0.1) is 0 Å². The number of alkyl carbamates (subject to hydrolysis) is 1. The molecule has 414 valence electrons. The van der Waals surface area contributed by atoms with Crippen molar-refractivity contribution in [2.24, 2.45) is 34.4 Å². The predicted octanol–water partition coefficient (Wildman–Crippen LogP) is -3.48. The lowest BCUT2D eigenvalue weighted by Gasteiger charge is -2.47. The molecule has 0 spiro atoms. The Morgan fingerprint density at radius 1 is 0.600 bits per heavy atom. The molecule has 3 aliphatic heterocycles. The molecule has 3 aromatic rings. The number of aliphatic hydroxyl groups excluding tert-OH is 6.